The average Bonchev–Trinajstić information content (AvgIpc) is 2.03. The molecule has 1 aromatic rings. The molecule has 0 spiro atoms. The van der Waals surface area contributed by atoms with Crippen LogP contribution in [0.25, 0.3) is 0 Å². The van der Waals surface area contributed by atoms with Gasteiger partial charge in [-0.1, -0.05) is 17.7 Å². The molecule has 0 aliphatic heterocycles. The van der Waals surface area contributed by atoms with Crippen molar-refractivity contribution in [2.45, 2.75) is 19.4 Å². The molecule has 0 radical (unpaired) electrons. The van der Waals surface area contributed by atoms with Gasteiger partial charge in [-0.3, -0.25) is 0 Å². The number of halogens is 2. The summed E-state index contributed by atoms with van der Waals surface area (Å²) in [6, 6.07) is 6.23. The van der Waals surface area contributed by atoms with Crippen molar-refractivity contribution in [1.29, 1.82) is 0 Å². The van der Waals surface area contributed by atoms with Gasteiger partial charge in [-0.05, 0) is 31.0 Å². The largest absolute Gasteiger partial charge is 0.324 e. The molecule has 0 fully saturated rings. The summed E-state index contributed by atoms with van der Waals surface area (Å²) in [5.74, 6) is -0.241. The molecule has 2 N–H and O–H groups in total. The minimum absolute atomic E-state index is 0. The topological polar surface area (TPSA) is 26.0 Å². The van der Waals surface area contributed by atoms with E-state index < -0.39 is 0 Å². The van der Waals surface area contributed by atoms with Crippen LogP contribution < -0.4 is 5.73 Å². The Kier molecular flexibility index (Phi) is 5.43. The summed E-state index contributed by atoms with van der Waals surface area (Å²) in [6.45, 7) is 5.69. The van der Waals surface area contributed by atoms with Crippen molar-refractivity contribution in [3.63, 3.8) is 0 Å². The van der Waals surface area contributed by atoms with Gasteiger partial charge in [0.25, 0.3) is 0 Å². The van der Waals surface area contributed by atoms with Gasteiger partial charge in [0.15, 0.2) is 0 Å². The Balaban J connectivity index is 0.00000169. The molecule has 0 aliphatic carbocycles. The summed E-state index contributed by atoms with van der Waals surface area (Å²) in [5, 5.41) is 0. The monoisotopic (exact) mass is 215 g/mol. The van der Waals surface area contributed by atoms with E-state index in [2.05, 4.69) is 6.58 Å². The van der Waals surface area contributed by atoms with Gasteiger partial charge < -0.3 is 5.73 Å². The molecule has 0 unspecified atom stereocenters. The summed E-state index contributed by atoms with van der Waals surface area (Å²) < 4.78 is 12.8. The molecule has 0 aliphatic rings. The highest BCUT2D eigenvalue weighted by molar-refractivity contribution is 5.85. The van der Waals surface area contributed by atoms with Crippen molar-refractivity contribution in [3.8, 4) is 0 Å². The van der Waals surface area contributed by atoms with Crippen molar-refractivity contribution in [2.75, 3.05) is 0 Å². The molecule has 78 valence electrons. The van der Waals surface area contributed by atoms with Gasteiger partial charge in [-0.2, -0.15) is 0 Å². The molecule has 14 heavy (non-hydrogen) atoms. The highest BCUT2D eigenvalue weighted by Gasteiger charge is 2.06. The molecule has 1 atom stereocenters. The standard InChI is InChI=1S/C11H14FN.ClH/c1-8(2)6-11(13)9-4-3-5-10(12)7-9;/h3-5,7,11H,1,6,13H2,2H3;1H/t11-;/m0./s1. The first-order valence-electron chi connectivity index (χ1n) is 4.25. The lowest BCUT2D eigenvalue weighted by molar-refractivity contribution is 0.618. The third kappa shape index (κ3) is 3.90. The normalized spacial score (nSPS) is 11.6. The predicted octanol–water partition coefficient (Wildman–Crippen LogP) is 3.21. The van der Waals surface area contributed by atoms with Crippen LogP contribution in [0.4, 0.5) is 4.39 Å². The molecule has 1 nitrogen and oxygen atoms in total. The number of nitrogens with two attached hydrogens (primary N) is 1. The fraction of sp³-hybridized carbons (Fsp3) is 0.273. The highest BCUT2D eigenvalue weighted by Crippen LogP contribution is 2.17. The maximum Gasteiger partial charge on any atom is 0.123 e. The van der Waals surface area contributed by atoms with Gasteiger partial charge in [0.05, 0.1) is 0 Å². The smallest absolute Gasteiger partial charge is 0.123 e. The first-order valence-corrected chi connectivity index (χ1v) is 4.25. The third-order valence-corrected chi connectivity index (χ3v) is 1.85. The van der Waals surface area contributed by atoms with Crippen LogP contribution in [0.5, 0.6) is 0 Å². The quantitative estimate of drug-likeness (QED) is 0.770. The van der Waals surface area contributed by atoms with E-state index in [0.29, 0.717) is 6.42 Å². The number of hydrogen-bond donors (Lipinski definition) is 1. The van der Waals surface area contributed by atoms with Gasteiger partial charge in [0.2, 0.25) is 0 Å². The second-order valence-corrected chi connectivity index (χ2v) is 3.32. The van der Waals surface area contributed by atoms with Gasteiger partial charge in [0.1, 0.15) is 5.82 Å². The van der Waals surface area contributed by atoms with Crippen LogP contribution in [0, 0.1) is 5.82 Å². The van der Waals surface area contributed by atoms with Gasteiger partial charge in [0, 0.05) is 6.04 Å². The average molecular weight is 216 g/mol. The van der Waals surface area contributed by atoms with Crippen molar-refractivity contribution in [2.24, 2.45) is 5.73 Å². The summed E-state index contributed by atoms with van der Waals surface area (Å²) in [6.07, 6.45) is 0.698. The fourth-order valence-corrected chi connectivity index (χ4v) is 1.23. The molecule has 0 aromatic heterocycles. The Bertz CT molecular complexity index is 312. The van der Waals surface area contributed by atoms with E-state index in [1.807, 2.05) is 13.0 Å². The Hall–Kier alpha value is -0.860. The second kappa shape index (κ2) is 5.78. The van der Waals surface area contributed by atoms with Crippen LogP contribution in [0.15, 0.2) is 36.4 Å². The first-order chi connectivity index (χ1) is 6.09. The molecule has 0 amide bonds. The minimum Gasteiger partial charge on any atom is -0.324 e. The van der Waals surface area contributed by atoms with E-state index in [0.717, 1.165) is 11.1 Å². The number of benzene rings is 1. The lowest BCUT2D eigenvalue weighted by Gasteiger charge is -2.11. The van der Waals surface area contributed by atoms with Gasteiger partial charge >= 0.3 is 0 Å². The van der Waals surface area contributed by atoms with E-state index in [-0.39, 0.29) is 24.3 Å². The summed E-state index contributed by atoms with van der Waals surface area (Å²) in [5.41, 5.74) is 7.67. The molecule has 1 rings (SSSR count). The third-order valence-electron chi connectivity index (χ3n) is 1.85. The summed E-state index contributed by atoms with van der Waals surface area (Å²) in [4.78, 5) is 0. The second-order valence-electron chi connectivity index (χ2n) is 3.32. The molecule has 1 aromatic carbocycles. The molecule has 0 bridgehead atoms. The van der Waals surface area contributed by atoms with Crippen LogP contribution in [-0.4, -0.2) is 0 Å². The first kappa shape index (κ1) is 13.1. The van der Waals surface area contributed by atoms with Crippen molar-refractivity contribution < 1.29 is 4.39 Å². The van der Waals surface area contributed by atoms with Crippen molar-refractivity contribution in [3.05, 3.63) is 47.8 Å². The van der Waals surface area contributed by atoms with E-state index >= 15 is 0 Å². The van der Waals surface area contributed by atoms with E-state index in [1.165, 1.54) is 12.1 Å². The zero-order chi connectivity index (χ0) is 9.84. The maximum atomic E-state index is 12.8. The van der Waals surface area contributed by atoms with Crippen LogP contribution in [-0.2, 0) is 0 Å². The van der Waals surface area contributed by atoms with E-state index in [1.54, 1.807) is 6.07 Å². The van der Waals surface area contributed by atoms with Crippen LogP contribution in [0.1, 0.15) is 24.9 Å². The predicted molar refractivity (Wildman–Crippen MR) is 60.0 cm³/mol. The fourth-order valence-electron chi connectivity index (χ4n) is 1.23. The maximum absolute atomic E-state index is 12.8. The zero-order valence-corrected chi connectivity index (χ0v) is 8.98. The molecular formula is C11H15ClFN. The molecular weight excluding hydrogens is 201 g/mol. The SMILES string of the molecule is C=C(C)C[C@H](N)c1cccc(F)c1.Cl. The van der Waals surface area contributed by atoms with Crippen LogP contribution in [0.2, 0.25) is 0 Å². The number of hydrogen-bond acceptors (Lipinski definition) is 1. The van der Waals surface area contributed by atoms with Gasteiger partial charge in [-0.25, -0.2) is 4.39 Å². The highest BCUT2D eigenvalue weighted by atomic mass is 35.5. The Morgan fingerprint density at radius 3 is 2.71 bits per heavy atom. The Morgan fingerprint density at radius 2 is 2.21 bits per heavy atom. The lowest BCUT2D eigenvalue weighted by atomic mass is 10.0. The van der Waals surface area contributed by atoms with Crippen molar-refractivity contribution >= 4 is 12.4 Å². The van der Waals surface area contributed by atoms with Crippen LogP contribution >= 0.6 is 12.4 Å². The molecule has 3 heteroatoms. The lowest BCUT2D eigenvalue weighted by Crippen LogP contribution is -2.10. The Morgan fingerprint density at radius 1 is 1.57 bits per heavy atom. The molecule has 0 saturated carbocycles. The number of rotatable bonds is 3. The summed E-state index contributed by atoms with van der Waals surface area (Å²) >= 11 is 0. The van der Waals surface area contributed by atoms with E-state index in [9.17, 15) is 4.39 Å². The van der Waals surface area contributed by atoms with E-state index in [4.69, 9.17) is 5.73 Å². The van der Waals surface area contributed by atoms with Crippen molar-refractivity contribution in [1.82, 2.24) is 0 Å². The zero-order valence-electron chi connectivity index (χ0n) is 8.16. The summed E-state index contributed by atoms with van der Waals surface area (Å²) in [7, 11) is 0. The molecule has 0 heterocycles. The van der Waals surface area contributed by atoms with Crippen LogP contribution in [0.3, 0.4) is 0 Å². The minimum atomic E-state index is -0.241. The molecule has 0 saturated heterocycles. The Labute approximate surface area is 90.2 Å². The van der Waals surface area contributed by atoms with Gasteiger partial charge in [-0.15, -0.1) is 19.0 Å².